The molecule has 2 rings (SSSR count). The Hall–Kier alpha value is -1.12. The van der Waals surface area contributed by atoms with Gasteiger partial charge in [-0.3, -0.25) is 9.59 Å². The number of carbonyl (C=O) groups excluding carboxylic acids is 2. The van der Waals surface area contributed by atoms with E-state index in [-0.39, 0.29) is 41.8 Å². The van der Waals surface area contributed by atoms with Crippen LogP contribution < -0.4 is 10.6 Å². The number of amides is 1. The normalized spacial score (nSPS) is 15.9. The average Bonchev–Trinajstić information content (AvgIpc) is 3.13. The van der Waals surface area contributed by atoms with Crippen LogP contribution in [-0.2, 0) is 4.79 Å². The number of thioether (sulfide) groups is 1. The van der Waals surface area contributed by atoms with E-state index >= 15 is 0 Å². The number of hydrogen-bond acceptors (Lipinski definition) is 7. The molecule has 160 valence electrons. The van der Waals surface area contributed by atoms with E-state index in [0.29, 0.717) is 11.6 Å². The van der Waals surface area contributed by atoms with Gasteiger partial charge in [0.25, 0.3) is 11.1 Å². The average molecular weight is 433 g/mol. The molecule has 0 bridgehead atoms. The smallest absolute Gasteiger partial charge is 0.286 e. The van der Waals surface area contributed by atoms with Crippen LogP contribution in [0.25, 0.3) is 0 Å². The fraction of sp³-hybridized carbons (Fsp3) is 0.789. The van der Waals surface area contributed by atoms with Gasteiger partial charge in [0.15, 0.2) is 0 Å². The van der Waals surface area contributed by atoms with Gasteiger partial charge in [0.2, 0.25) is 11.7 Å². The Balaban J connectivity index is 0.00000392. The van der Waals surface area contributed by atoms with Crippen molar-refractivity contribution in [2.45, 2.75) is 70.1 Å². The number of nitrogens with one attached hydrogen (secondary N) is 2. The Morgan fingerprint density at radius 2 is 1.93 bits per heavy atom. The number of carbonyl (C=O) groups is 2. The number of halogens is 1. The first kappa shape index (κ1) is 24.9. The quantitative estimate of drug-likeness (QED) is 0.314. The lowest BCUT2D eigenvalue weighted by molar-refractivity contribution is -0.126. The summed E-state index contributed by atoms with van der Waals surface area (Å²) in [6.45, 7) is 4.98. The van der Waals surface area contributed by atoms with Crippen molar-refractivity contribution in [2.24, 2.45) is 11.8 Å². The van der Waals surface area contributed by atoms with Crippen LogP contribution in [0.15, 0.2) is 9.64 Å². The maximum Gasteiger partial charge on any atom is 0.286 e. The highest BCUT2D eigenvalue weighted by molar-refractivity contribution is 7.99. The van der Waals surface area contributed by atoms with E-state index in [2.05, 4.69) is 20.8 Å². The minimum absolute atomic E-state index is 0. The van der Waals surface area contributed by atoms with Gasteiger partial charge in [-0.05, 0) is 45.2 Å². The Labute approximate surface area is 178 Å². The van der Waals surface area contributed by atoms with Crippen molar-refractivity contribution < 1.29 is 14.0 Å². The number of aromatic nitrogens is 2. The Kier molecular flexibility index (Phi) is 11.7. The highest BCUT2D eigenvalue weighted by Crippen LogP contribution is 2.24. The molecule has 0 saturated heterocycles. The van der Waals surface area contributed by atoms with Crippen molar-refractivity contribution >= 4 is 35.9 Å². The van der Waals surface area contributed by atoms with E-state index in [1.807, 2.05) is 20.9 Å². The molecule has 2 N–H and O–H groups in total. The van der Waals surface area contributed by atoms with Crippen molar-refractivity contribution in [1.82, 2.24) is 20.8 Å². The van der Waals surface area contributed by atoms with Crippen molar-refractivity contribution in [2.75, 3.05) is 19.3 Å². The van der Waals surface area contributed by atoms with Gasteiger partial charge >= 0.3 is 0 Å². The molecular weight excluding hydrogens is 400 g/mol. The van der Waals surface area contributed by atoms with Crippen LogP contribution in [0.2, 0.25) is 0 Å². The first-order chi connectivity index (χ1) is 13.0. The number of nitrogens with zero attached hydrogens (tertiary/aromatic N) is 2. The summed E-state index contributed by atoms with van der Waals surface area (Å²) in [6, 6.07) is -0.609. The molecule has 1 aromatic heterocycles. The third-order valence-corrected chi connectivity index (χ3v) is 5.63. The highest BCUT2D eigenvalue weighted by Gasteiger charge is 2.30. The van der Waals surface area contributed by atoms with E-state index in [4.69, 9.17) is 4.42 Å². The first-order valence-corrected chi connectivity index (χ1v) is 10.9. The maximum absolute atomic E-state index is 12.9. The third-order valence-electron chi connectivity index (χ3n) is 4.73. The maximum atomic E-state index is 12.9. The molecule has 1 aliphatic carbocycles. The van der Waals surface area contributed by atoms with E-state index in [1.54, 1.807) is 0 Å². The topological polar surface area (TPSA) is 97.1 Å². The second-order valence-electron chi connectivity index (χ2n) is 7.57. The second-order valence-corrected chi connectivity index (χ2v) is 8.61. The number of hydrogen-bond donors (Lipinski definition) is 2. The molecule has 1 heterocycles. The molecule has 1 atom stereocenters. The zero-order valence-electron chi connectivity index (χ0n) is 17.0. The van der Waals surface area contributed by atoms with Gasteiger partial charge in [-0.25, -0.2) is 0 Å². The number of rotatable bonds is 11. The molecule has 9 heteroatoms. The van der Waals surface area contributed by atoms with E-state index in [0.717, 1.165) is 44.4 Å². The molecule has 1 saturated carbocycles. The largest absolute Gasteiger partial charge is 0.408 e. The lowest BCUT2D eigenvalue weighted by Gasteiger charge is -2.24. The van der Waals surface area contributed by atoms with Crippen LogP contribution >= 0.6 is 24.2 Å². The SMILES string of the molecule is CNCCCSc1nnc(C(=O)[C@H](CC(C)C)NC(=O)C2CCCCC2)o1.Cl. The van der Waals surface area contributed by atoms with E-state index in [9.17, 15) is 9.59 Å². The van der Waals surface area contributed by atoms with Crippen LogP contribution in [0.1, 0.15) is 69.5 Å². The zero-order valence-corrected chi connectivity index (χ0v) is 18.7. The summed E-state index contributed by atoms with van der Waals surface area (Å²) in [5.41, 5.74) is 0. The molecule has 0 aromatic carbocycles. The monoisotopic (exact) mass is 432 g/mol. The molecule has 1 fully saturated rings. The van der Waals surface area contributed by atoms with E-state index in [1.165, 1.54) is 18.2 Å². The van der Waals surface area contributed by atoms with Gasteiger partial charge in [0.05, 0.1) is 6.04 Å². The van der Waals surface area contributed by atoms with Gasteiger partial charge in [0.1, 0.15) is 0 Å². The van der Waals surface area contributed by atoms with Crippen LogP contribution in [0.5, 0.6) is 0 Å². The fourth-order valence-electron chi connectivity index (χ4n) is 3.28. The summed E-state index contributed by atoms with van der Waals surface area (Å²) in [4.78, 5) is 25.5. The first-order valence-electron chi connectivity index (χ1n) is 9.96. The molecule has 0 radical (unpaired) electrons. The Morgan fingerprint density at radius 3 is 2.57 bits per heavy atom. The van der Waals surface area contributed by atoms with Crippen LogP contribution in [-0.4, -0.2) is 47.3 Å². The standard InChI is InChI=1S/C19H32N4O3S.ClH/c1-13(2)12-15(21-17(25)14-8-5-4-6-9-14)16(24)18-22-23-19(26-18)27-11-7-10-20-3;/h13-15,20H,4-12H2,1-3H3,(H,21,25);1H/t15-;/m0./s1. The minimum atomic E-state index is -0.609. The van der Waals surface area contributed by atoms with Crippen molar-refractivity contribution in [3.63, 3.8) is 0 Å². The summed E-state index contributed by atoms with van der Waals surface area (Å²) in [7, 11) is 1.91. The lowest BCUT2D eigenvalue weighted by Crippen LogP contribution is -2.45. The minimum Gasteiger partial charge on any atom is -0.408 e. The van der Waals surface area contributed by atoms with Crippen molar-refractivity contribution in [3.8, 4) is 0 Å². The molecule has 0 aliphatic heterocycles. The summed E-state index contributed by atoms with van der Waals surface area (Å²) in [6.07, 6.45) is 6.70. The summed E-state index contributed by atoms with van der Waals surface area (Å²) >= 11 is 1.44. The van der Waals surface area contributed by atoms with Gasteiger partial charge in [-0.15, -0.1) is 22.6 Å². The molecule has 7 nitrogen and oxygen atoms in total. The zero-order chi connectivity index (χ0) is 19.6. The molecule has 28 heavy (non-hydrogen) atoms. The predicted molar refractivity (Wildman–Crippen MR) is 113 cm³/mol. The van der Waals surface area contributed by atoms with Crippen molar-refractivity contribution in [3.05, 3.63) is 5.89 Å². The Morgan fingerprint density at radius 1 is 1.21 bits per heavy atom. The van der Waals surface area contributed by atoms with Gasteiger partial charge in [-0.2, -0.15) is 0 Å². The summed E-state index contributed by atoms with van der Waals surface area (Å²) < 4.78 is 5.53. The van der Waals surface area contributed by atoms with Crippen molar-refractivity contribution in [1.29, 1.82) is 0 Å². The number of Topliss-reactive ketones (excluding diaryl/α,β-unsaturated/α-hetero) is 1. The molecule has 0 spiro atoms. The second kappa shape index (κ2) is 13.2. The summed E-state index contributed by atoms with van der Waals surface area (Å²) in [5, 5.41) is 14.3. The van der Waals surface area contributed by atoms with Crippen LogP contribution in [0, 0.1) is 11.8 Å². The molecule has 1 aromatic rings. The van der Waals surface area contributed by atoms with E-state index < -0.39 is 6.04 Å². The lowest BCUT2D eigenvalue weighted by atomic mass is 9.88. The third kappa shape index (κ3) is 8.09. The van der Waals surface area contributed by atoms with Gasteiger partial charge in [-0.1, -0.05) is 44.9 Å². The summed E-state index contributed by atoms with van der Waals surface area (Å²) in [5.74, 6) is 0.800. The van der Waals surface area contributed by atoms with Crippen LogP contribution in [0.4, 0.5) is 0 Å². The molecule has 1 aliphatic rings. The molecular formula is C19H33ClN4O3S. The Bertz CT molecular complexity index is 606. The number of ketones is 1. The van der Waals surface area contributed by atoms with Gasteiger partial charge in [0, 0.05) is 11.7 Å². The fourth-order valence-corrected chi connectivity index (χ4v) is 3.98. The molecule has 1 amide bonds. The molecule has 0 unspecified atom stereocenters. The predicted octanol–water partition coefficient (Wildman–Crippen LogP) is 3.49. The van der Waals surface area contributed by atoms with Crippen LogP contribution in [0.3, 0.4) is 0 Å². The van der Waals surface area contributed by atoms with Gasteiger partial charge < -0.3 is 15.1 Å². The highest BCUT2D eigenvalue weighted by atomic mass is 35.5.